The molecule has 5 heteroatoms. The summed E-state index contributed by atoms with van der Waals surface area (Å²) in [5.74, 6) is 1.46. The number of hydrogen-bond acceptors (Lipinski definition) is 4. The van der Waals surface area contributed by atoms with Crippen LogP contribution in [0.4, 0.5) is 0 Å². The number of amides is 1. The summed E-state index contributed by atoms with van der Waals surface area (Å²) < 4.78 is 10.5. The van der Waals surface area contributed by atoms with Gasteiger partial charge in [-0.1, -0.05) is 6.07 Å². The second-order valence-corrected chi connectivity index (χ2v) is 4.49. The summed E-state index contributed by atoms with van der Waals surface area (Å²) in [5, 5.41) is 2.79. The van der Waals surface area contributed by atoms with E-state index in [9.17, 15) is 9.59 Å². The van der Waals surface area contributed by atoms with Gasteiger partial charge in [-0.2, -0.15) is 0 Å². The van der Waals surface area contributed by atoms with Crippen molar-refractivity contribution >= 4 is 11.7 Å². The summed E-state index contributed by atoms with van der Waals surface area (Å²) in [6, 6.07) is 5.74. The minimum Gasteiger partial charge on any atom is -0.454 e. The normalized spacial score (nSPS) is 12.3. The van der Waals surface area contributed by atoms with Gasteiger partial charge >= 0.3 is 0 Å². The fourth-order valence-electron chi connectivity index (χ4n) is 1.82. The smallest absolute Gasteiger partial charge is 0.231 e. The first-order valence-electron chi connectivity index (χ1n) is 6.30. The van der Waals surface area contributed by atoms with E-state index in [1.54, 1.807) is 0 Å². The zero-order chi connectivity index (χ0) is 13.7. The van der Waals surface area contributed by atoms with Crippen LogP contribution in [0.5, 0.6) is 11.5 Å². The molecule has 1 aliphatic rings. The molecule has 5 nitrogen and oxygen atoms in total. The molecule has 1 N–H and O–H groups in total. The zero-order valence-corrected chi connectivity index (χ0v) is 10.9. The van der Waals surface area contributed by atoms with Crippen molar-refractivity contribution in [3.63, 3.8) is 0 Å². The van der Waals surface area contributed by atoms with E-state index < -0.39 is 0 Å². The molecule has 0 saturated heterocycles. The second kappa shape index (κ2) is 6.22. The lowest BCUT2D eigenvalue weighted by Crippen LogP contribution is -2.25. The standard InChI is InChI=1S/C14H17NO4/c1-10(16)2-5-14(17)15-7-6-11-3-4-12-13(8-11)19-9-18-12/h3-4,8H,2,5-7,9H2,1H3,(H,15,17). The van der Waals surface area contributed by atoms with E-state index in [2.05, 4.69) is 5.32 Å². The molecule has 1 aromatic carbocycles. The summed E-state index contributed by atoms with van der Waals surface area (Å²) in [6.07, 6.45) is 1.29. The van der Waals surface area contributed by atoms with Crippen LogP contribution in [0.15, 0.2) is 18.2 Å². The quantitative estimate of drug-likeness (QED) is 0.843. The van der Waals surface area contributed by atoms with E-state index in [1.807, 2.05) is 18.2 Å². The number of fused-ring (bicyclic) bond motifs is 1. The summed E-state index contributed by atoms with van der Waals surface area (Å²) in [4.78, 5) is 22.2. The number of rotatable bonds is 6. The van der Waals surface area contributed by atoms with Crippen molar-refractivity contribution in [3.8, 4) is 11.5 Å². The molecule has 1 heterocycles. The lowest BCUT2D eigenvalue weighted by Gasteiger charge is -2.05. The first kappa shape index (κ1) is 13.4. The molecule has 0 atom stereocenters. The van der Waals surface area contributed by atoms with Crippen LogP contribution in [0.2, 0.25) is 0 Å². The molecule has 1 aromatic rings. The minimum atomic E-state index is -0.0871. The Kier molecular flexibility index (Phi) is 4.39. The highest BCUT2D eigenvalue weighted by molar-refractivity contribution is 5.83. The van der Waals surface area contributed by atoms with Gasteiger partial charge in [0.2, 0.25) is 12.7 Å². The highest BCUT2D eigenvalue weighted by atomic mass is 16.7. The van der Waals surface area contributed by atoms with Crippen molar-refractivity contribution in [2.75, 3.05) is 13.3 Å². The van der Waals surface area contributed by atoms with Crippen LogP contribution >= 0.6 is 0 Å². The molecule has 2 rings (SSSR count). The van der Waals surface area contributed by atoms with Crippen LogP contribution in [0, 0.1) is 0 Å². The number of nitrogens with one attached hydrogen (secondary N) is 1. The summed E-state index contributed by atoms with van der Waals surface area (Å²) >= 11 is 0. The van der Waals surface area contributed by atoms with Gasteiger partial charge in [-0.15, -0.1) is 0 Å². The SMILES string of the molecule is CC(=O)CCC(=O)NCCc1ccc2c(c1)OCO2. The predicted octanol–water partition coefficient (Wildman–Crippen LogP) is 1.44. The van der Waals surface area contributed by atoms with Gasteiger partial charge in [0.25, 0.3) is 0 Å². The minimum absolute atomic E-state index is 0.0333. The number of ketones is 1. The summed E-state index contributed by atoms with van der Waals surface area (Å²) in [6.45, 7) is 2.30. The van der Waals surface area contributed by atoms with Gasteiger partial charge in [-0.3, -0.25) is 4.79 Å². The number of ether oxygens (including phenoxy) is 2. The molecule has 102 valence electrons. The fourth-order valence-corrected chi connectivity index (χ4v) is 1.82. The van der Waals surface area contributed by atoms with Crippen molar-refractivity contribution in [3.05, 3.63) is 23.8 Å². The van der Waals surface area contributed by atoms with Crippen LogP contribution in [0.1, 0.15) is 25.3 Å². The molecule has 0 spiro atoms. The third-order valence-electron chi connectivity index (χ3n) is 2.88. The maximum atomic E-state index is 11.4. The van der Waals surface area contributed by atoms with Crippen LogP contribution in [0.3, 0.4) is 0 Å². The maximum Gasteiger partial charge on any atom is 0.231 e. The second-order valence-electron chi connectivity index (χ2n) is 4.49. The molecule has 0 radical (unpaired) electrons. The largest absolute Gasteiger partial charge is 0.454 e. The summed E-state index contributed by atoms with van der Waals surface area (Å²) in [7, 11) is 0. The Morgan fingerprint density at radius 3 is 2.79 bits per heavy atom. The molecule has 0 saturated carbocycles. The van der Waals surface area contributed by atoms with E-state index in [4.69, 9.17) is 9.47 Å². The van der Waals surface area contributed by atoms with E-state index >= 15 is 0 Å². The Balaban J connectivity index is 1.74. The Morgan fingerprint density at radius 1 is 1.21 bits per heavy atom. The predicted molar refractivity (Wildman–Crippen MR) is 69.2 cm³/mol. The van der Waals surface area contributed by atoms with E-state index in [1.165, 1.54) is 6.92 Å². The van der Waals surface area contributed by atoms with Gasteiger partial charge in [-0.05, 0) is 31.0 Å². The van der Waals surface area contributed by atoms with Gasteiger partial charge in [0.15, 0.2) is 11.5 Å². The van der Waals surface area contributed by atoms with Crippen LogP contribution in [-0.4, -0.2) is 25.0 Å². The topological polar surface area (TPSA) is 64.6 Å². The average Bonchev–Trinajstić information content (AvgIpc) is 2.83. The highest BCUT2D eigenvalue weighted by Crippen LogP contribution is 2.32. The molecule has 19 heavy (non-hydrogen) atoms. The van der Waals surface area contributed by atoms with Crippen molar-refractivity contribution in [2.24, 2.45) is 0 Å². The average molecular weight is 263 g/mol. The lowest BCUT2D eigenvalue weighted by molar-refractivity contribution is -0.124. The highest BCUT2D eigenvalue weighted by Gasteiger charge is 2.13. The number of benzene rings is 1. The van der Waals surface area contributed by atoms with Gasteiger partial charge in [0.05, 0.1) is 0 Å². The van der Waals surface area contributed by atoms with E-state index in [0.29, 0.717) is 13.0 Å². The van der Waals surface area contributed by atoms with Crippen molar-refractivity contribution < 1.29 is 19.1 Å². The number of carbonyl (C=O) groups excluding carboxylic acids is 2. The Bertz CT molecular complexity index is 484. The molecule has 0 aliphatic carbocycles. The fraction of sp³-hybridized carbons (Fsp3) is 0.429. The molecule has 0 fully saturated rings. The van der Waals surface area contributed by atoms with Gasteiger partial charge in [-0.25, -0.2) is 0 Å². The van der Waals surface area contributed by atoms with Gasteiger partial charge in [0, 0.05) is 19.4 Å². The third-order valence-corrected chi connectivity index (χ3v) is 2.88. The number of hydrogen-bond donors (Lipinski definition) is 1. The first-order chi connectivity index (χ1) is 9.15. The van der Waals surface area contributed by atoms with Crippen LogP contribution < -0.4 is 14.8 Å². The molecule has 0 unspecified atom stereocenters. The van der Waals surface area contributed by atoms with Gasteiger partial charge < -0.3 is 19.6 Å². The Labute approximate surface area is 111 Å². The maximum absolute atomic E-state index is 11.4. The van der Waals surface area contributed by atoms with E-state index in [0.717, 1.165) is 23.5 Å². The van der Waals surface area contributed by atoms with Crippen molar-refractivity contribution in [1.29, 1.82) is 0 Å². The molecular weight excluding hydrogens is 246 g/mol. The van der Waals surface area contributed by atoms with Crippen molar-refractivity contribution in [2.45, 2.75) is 26.2 Å². The molecular formula is C14H17NO4. The first-order valence-corrected chi connectivity index (χ1v) is 6.30. The Hall–Kier alpha value is -2.04. The molecule has 1 amide bonds. The van der Waals surface area contributed by atoms with Crippen LogP contribution in [-0.2, 0) is 16.0 Å². The van der Waals surface area contributed by atoms with Crippen molar-refractivity contribution in [1.82, 2.24) is 5.32 Å². The summed E-state index contributed by atoms with van der Waals surface area (Å²) in [5.41, 5.74) is 1.08. The number of Topliss-reactive ketones (excluding diaryl/α,β-unsaturated/α-hetero) is 1. The molecule has 0 bridgehead atoms. The van der Waals surface area contributed by atoms with Crippen LogP contribution in [0.25, 0.3) is 0 Å². The molecule has 0 aromatic heterocycles. The Morgan fingerprint density at radius 2 is 2.00 bits per heavy atom. The number of carbonyl (C=O) groups is 2. The van der Waals surface area contributed by atoms with E-state index in [-0.39, 0.29) is 24.9 Å². The third kappa shape index (κ3) is 3.98. The monoisotopic (exact) mass is 263 g/mol. The molecule has 1 aliphatic heterocycles. The lowest BCUT2D eigenvalue weighted by atomic mass is 10.1. The zero-order valence-electron chi connectivity index (χ0n) is 10.9. The van der Waals surface area contributed by atoms with Gasteiger partial charge in [0.1, 0.15) is 5.78 Å².